The van der Waals surface area contributed by atoms with Crippen LogP contribution < -0.4 is 10.1 Å². The van der Waals surface area contributed by atoms with Gasteiger partial charge < -0.3 is 10.1 Å². The smallest absolute Gasteiger partial charge is 0.308 e. The van der Waals surface area contributed by atoms with Crippen molar-refractivity contribution >= 4 is 11.9 Å². The van der Waals surface area contributed by atoms with Crippen molar-refractivity contribution in [2.75, 3.05) is 0 Å². The molecule has 1 atom stereocenters. The molecule has 1 amide bonds. The number of carbonyl (C=O) groups excluding carboxylic acids is 2. The molecule has 0 aliphatic heterocycles. The van der Waals surface area contributed by atoms with Gasteiger partial charge in [-0.25, -0.2) is 0 Å². The molecule has 136 valence electrons. The first-order valence-electron chi connectivity index (χ1n) is 8.77. The number of amides is 1. The largest absolute Gasteiger partial charge is 0.427 e. The van der Waals surface area contributed by atoms with Crippen molar-refractivity contribution in [1.82, 2.24) is 5.32 Å². The highest BCUT2D eigenvalue weighted by Gasteiger charge is 2.12. The summed E-state index contributed by atoms with van der Waals surface area (Å²) >= 11 is 0. The number of nitrogens with one attached hydrogen (secondary N) is 1. The van der Waals surface area contributed by atoms with E-state index in [1.54, 1.807) is 24.3 Å². The second-order valence-electron chi connectivity index (χ2n) is 6.30. The molecule has 0 fully saturated rings. The van der Waals surface area contributed by atoms with Gasteiger partial charge in [0.05, 0.1) is 6.04 Å². The Hall–Kier alpha value is -3.40. The van der Waals surface area contributed by atoms with Gasteiger partial charge in [-0.3, -0.25) is 9.59 Å². The maximum Gasteiger partial charge on any atom is 0.308 e. The van der Waals surface area contributed by atoms with E-state index in [1.165, 1.54) is 6.92 Å². The van der Waals surface area contributed by atoms with Gasteiger partial charge in [-0.2, -0.15) is 0 Å². The van der Waals surface area contributed by atoms with E-state index in [0.717, 1.165) is 16.7 Å². The van der Waals surface area contributed by atoms with Crippen molar-refractivity contribution < 1.29 is 14.3 Å². The fraction of sp³-hybridized carbons (Fsp3) is 0.130. The SMILES string of the molecule is CC(=O)Oc1ccc(C(=O)N[C@@H](C)c2ccc(-c3ccccc3)cc2)cc1. The third-order valence-electron chi connectivity index (χ3n) is 4.24. The number of rotatable bonds is 5. The lowest BCUT2D eigenvalue weighted by molar-refractivity contribution is -0.131. The molecule has 27 heavy (non-hydrogen) atoms. The summed E-state index contributed by atoms with van der Waals surface area (Å²) in [5.41, 5.74) is 3.84. The van der Waals surface area contributed by atoms with Gasteiger partial charge in [0.1, 0.15) is 5.75 Å². The molecule has 0 aromatic heterocycles. The zero-order valence-corrected chi connectivity index (χ0v) is 15.3. The highest BCUT2D eigenvalue weighted by atomic mass is 16.5. The normalized spacial score (nSPS) is 11.5. The zero-order valence-electron chi connectivity index (χ0n) is 15.3. The highest BCUT2D eigenvalue weighted by Crippen LogP contribution is 2.22. The molecule has 3 rings (SSSR count). The minimum atomic E-state index is -0.389. The van der Waals surface area contributed by atoms with E-state index in [4.69, 9.17) is 4.74 Å². The zero-order chi connectivity index (χ0) is 19.2. The minimum Gasteiger partial charge on any atom is -0.427 e. The first-order valence-corrected chi connectivity index (χ1v) is 8.77. The molecule has 0 heterocycles. The highest BCUT2D eigenvalue weighted by molar-refractivity contribution is 5.94. The Kier molecular flexibility index (Phi) is 5.67. The Bertz CT molecular complexity index is 916. The predicted octanol–water partition coefficient (Wildman–Crippen LogP) is 4.77. The number of ether oxygens (including phenoxy) is 1. The second kappa shape index (κ2) is 8.32. The lowest BCUT2D eigenvalue weighted by Crippen LogP contribution is -2.26. The molecule has 3 aromatic carbocycles. The van der Waals surface area contributed by atoms with Crippen molar-refractivity contribution in [1.29, 1.82) is 0 Å². The Morgan fingerprint density at radius 1 is 0.815 bits per heavy atom. The molecule has 0 spiro atoms. The van der Waals surface area contributed by atoms with Gasteiger partial charge in [-0.15, -0.1) is 0 Å². The average Bonchev–Trinajstić information content (AvgIpc) is 2.69. The fourth-order valence-corrected chi connectivity index (χ4v) is 2.80. The maximum absolute atomic E-state index is 12.4. The topological polar surface area (TPSA) is 55.4 Å². The first-order chi connectivity index (χ1) is 13.0. The van der Waals surface area contributed by atoms with Crippen molar-refractivity contribution in [2.45, 2.75) is 19.9 Å². The number of carbonyl (C=O) groups is 2. The standard InChI is InChI=1S/C23H21NO3/c1-16(18-8-10-20(11-9-18)19-6-4-3-5-7-19)24-23(26)21-12-14-22(15-13-21)27-17(2)25/h3-16H,1-2H3,(H,24,26)/t16-/m0/s1. The van der Waals surface area contributed by atoms with Crippen LogP contribution in [0.2, 0.25) is 0 Å². The summed E-state index contributed by atoms with van der Waals surface area (Å²) in [7, 11) is 0. The van der Waals surface area contributed by atoms with Crippen LogP contribution in [0.4, 0.5) is 0 Å². The lowest BCUT2D eigenvalue weighted by atomic mass is 10.0. The molecule has 1 N–H and O–H groups in total. The molecule has 3 aromatic rings. The summed E-state index contributed by atoms with van der Waals surface area (Å²) in [4.78, 5) is 23.4. The maximum atomic E-state index is 12.4. The monoisotopic (exact) mass is 359 g/mol. The number of hydrogen-bond donors (Lipinski definition) is 1. The number of esters is 1. The Balaban J connectivity index is 1.65. The minimum absolute atomic E-state index is 0.129. The van der Waals surface area contributed by atoms with E-state index >= 15 is 0 Å². The van der Waals surface area contributed by atoms with Crippen LogP contribution >= 0.6 is 0 Å². The Labute approximate surface area is 158 Å². The summed E-state index contributed by atoms with van der Waals surface area (Å²) in [6, 6.07) is 24.7. The summed E-state index contributed by atoms with van der Waals surface area (Å²) in [6.07, 6.45) is 0. The fourth-order valence-electron chi connectivity index (χ4n) is 2.80. The number of hydrogen-bond acceptors (Lipinski definition) is 3. The van der Waals surface area contributed by atoms with Gasteiger partial charge in [0.15, 0.2) is 0 Å². The Morgan fingerprint density at radius 3 is 2.00 bits per heavy atom. The molecule has 4 nitrogen and oxygen atoms in total. The quantitative estimate of drug-likeness (QED) is 0.527. The van der Waals surface area contributed by atoms with E-state index in [9.17, 15) is 9.59 Å². The third-order valence-corrected chi connectivity index (χ3v) is 4.24. The van der Waals surface area contributed by atoms with Gasteiger partial charge >= 0.3 is 5.97 Å². The molecule has 0 aliphatic carbocycles. The van der Waals surface area contributed by atoms with Crippen LogP contribution in [0, 0.1) is 0 Å². The molecule has 4 heteroatoms. The van der Waals surface area contributed by atoms with Gasteiger partial charge in [-0.05, 0) is 47.9 Å². The van der Waals surface area contributed by atoms with Crippen LogP contribution in [0.5, 0.6) is 5.75 Å². The first kappa shape index (κ1) is 18.4. The molecule has 0 unspecified atom stereocenters. The predicted molar refractivity (Wildman–Crippen MR) is 106 cm³/mol. The third kappa shape index (κ3) is 4.82. The van der Waals surface area contributed by atoms with Crippen molar-refractivity contribution in [3.8, 4) is 16.9 Å². The van der Waals surface area contributed by atoms with E-state index in [0.29, 0.717) is 11.3 Å². The molecule has 0 saturated carbocycles. The van der Waals surface area contributed by atoms with Gasteiger partial charge in [0.25, 0.3) is 5.91 Å². The second-order valence-corrected chi connectivity index (χ2v) is 6.30. The van der Waals surface area contributed by atoms with E-state index in [1.807, 2.05) is 37.3 Å². The molecular formula is C23H21NO3. The van der Waals surface area contributed by atoms with E-state index < -0.39 is 0 Å². The van der Waals surface area contributed by atoms with Crippen LogP contribution in [0.3, 0.4) is 0 Å². The molecule has 0 aliphatic rings. The summed E-state index contributed by atoms with van der Waals surface area (Å²) in [5.74, 6) is -0.146. The average molecular weight is 359 g/mol. The number of benzene rings is 3. The van der Waals surface area contributed by atoms with Gasteiger partial charge in [0.2, 0.25) is 0 Å². The van der Waals surface area contributed by atoms with Crippen LogP contribution in [0.25, 0.3) is 11.1 Å². The van der Waals surface area contributed by atoms with Crippen LogP contribution in [0.1, 0.15) is 35.8 Å². The molecule has 0 bridgehead atoms. The van der Waals surface area contributed by atoms with E-state index in [2.05, 4.69) is 29.6 Å². The van der Waals surface area contributed by atoms with Crippen LogP contribution in [-0.4, -0.2) is 11.9 Å². The molecular weight excluding hydrogens is 338 g/mol. The van der Waals surface area contributed by atoms with Crippen LogP contribution in [0.15, 0.2) is 78.9 Å². The summed E-state index contributed by atoms with van der Waals surface area (Å²) < 4.78 is 4.98. The lowest BCUT2D eigenvalue weighted by Gasteiger charge is -2.15. The van der Waals surface area contributed by atoms with E-state index in [-0.39, 0.29) is 17.9 Å². The molecule has 0 radical (unpaired) electrons. The summed E-state index contributed by atoms with van der Waals surface area (Å²) in [6.45, 7) is 3.29. The van der Waals surface area contributed by atoms with Crippen LogP contribution in [-0.2, 0) is 4.79 Å². The summed E-state index contributed by atoms with van der Waals surface area (Å²) in [5, 5.41) is 2.99. The van der Waals surface area contributed by atoms with Crippen molar-refractivity contribution in [2.24, 2.45) is 0 Å². The van der Waals surface area contributed by atoms with Crippen molar-refractivity contribution in [3.63, 3.8) is 0 Å². The molecule has 0 saturated heterocycles. The van der Waals surface area contributed by atoms with Crippen molar-refractivity contribution in [3.05, 3.63) is 90.0 Å². The van der Waals surface area contributed by atoms with Gasteiger partial charge in [-0.1, -0.05) is 54.6 Å². The Morgan fingerprint density at radius 2 is 1.41 bits per heavy atom. The van der Waals surface area contributed by atoms with Gasteiger partial charge in [0, 0.05) is 12.5 Å².